The summed E-state index contributed by atoms with van der Waals surface area (Å²) in [7, 11) is 0. The van der Waals surface area contributed by atoms with Gasteiger partial charge in [-0.3, -0.25) is 48.4 Å². The summed E-state index contributed by atoms with van der Waals surface area (Å²) in [6, 6.07) is -1.04. The van der Waals surface area contributed by atoms with Gasteiger partial charge in [-0.15, -0.1) is 0 Å². The molecule has 1 unspecified atom stereocenters. The normalized spacial score (nSPS) is 18.9. The average molecular weight is 698 g/mol. The van der Waals surface area contributed by atoms with E-state index < -0.39 is 29.9 Å². The number of hydrogen-bond acceptors (Lipinski definition) is 10. The van der Waals surface area contributed by atoms with Crippen molar-refractivity contribution in [2.24, 2.45) is 5.41 Å². The number of Topliss-reactive ketones (excluding diaryl/α,β-unsaturated/α-hetero) is 1. The van der Waals surface area contributed by atoms with Crippen molar-refractivity contribution < 1.29 is 49.2 Å². The number of aliphatic carboxylic acids is 4. The van der Waals surface area contributed by atoms with Crippen LogP contribution in [0.3, 0.4) is 0 Å². The number of rotatable bonds is 23. The Morgan fingerprint density at radius 2 is 1.00 bits per heavy atom. The maximum absolute atomic E-state index is 12.6. The van der Waals surface area contributed by atoms with Crippen LogP contribution >= 0.6 is 0 Å². The van der Waals surface area contributed by atoms with Crippen molar-refractivity contribution in [3.8, 4) is 0 Å². The molecule has 2 aliphatic rings. The van der Waals surface area contributed by atoms with E-state index in [-0.39, 0.29) is 96.2 Å². The van der Waals surface area contributed by atoms with Gasteiger partial charge in [-0.1, -0.05) is 45.4 Å². The molecule has 1 saturated carbocycles. The van der Waals surface area contributed by atoms with E-state index in [9.17, 15) is 49.2 Å². The fraction of sp³-hybridized carbons (Fsp3) is 0.824. The van der Waals surface area contributed by atoms with Gasteiger partial charge in [-0.25, -0.2) is 0 Å². The second-order valence-corrected chi connectivity index (χ2v) is 13.9. The van der Waals surface area contributed by atoms with Crippen molar-refractivity contribution in [2.45, 2.75) is 96.4 Å². The van der Waals surface area contributed by atoms with Crippen LogP contribution in [0, 0.1) is 5.41 Å². The Kier molecular flexibility index (Phi) is 19.3. The van der Waals surface area contributed by atoms with Gasteiger partial charge in [0.05, 0.1) is 19.6 Å². The van der Waals surface area contributed by atoms with Crippen LogP contribution < -0.4 is 5.32 Å². The molecule has 0 aromatic heterocycles. The van der Waals surface area contributed by atoms with Gasteiger partial charge < -0.3 is 25.7 Å². The minimum Gasteiger partial charge on any atom is -0.480 e. The fourth-order valence-electron chi connectivity index (χ4n) is 6.20. The number of ketones is 1. The maximum Gasteiger partial charge on any atom is 0.320 e. The quantitative estimate of drug-likeness (QED) is 0.0964. The molecule has 49 heavy (non-hydrogen) atoms. The second kappa shape index (κ2) is 22.6. The largest absolute Gasteiger partial charge is 0.480 e. The number of hydrogen-bond donors (Lipinski definition) is 5. The molecule has 5 N–H and O–H groups in total. The first-order valence-electron chi connectivity index (χ1n) is 17.9. The molecule has 0 aromatic rings. The number of carbonyl (C=O) groups excluding carboxylic acids is 2. The first kappa shape index (κ1) is 42.0. The van der Waals surface area contributed by atoms with Gasteiger partial charge in [-0.05, 0) is 32.1 Å². The van der Waals surface area contributed by atoms with Gasteiger partial charge in [0, 0.05) is 77.2 Å². The Morgan fingerprint density at radius 1 is 0.592 bits per heavy atom. The minimum absolute atomic E-state index is 0.00303. The summed E-state index contributed by atoms with van der Waals surface area (Å²) in [5.74, 6) is -4.12. The Hall–Kier alpha value is -3.14. The molecular formula is C34H59N5O10. The standard InChI is InChI=1S/C34H59N5O10/c1-34(13-14-34)28(40)10-8-6-4-2-3-5-7-9-15-35-29(41)12-11-27(33(48)49)39-22-20-37(25-31(44)45)18-16-36(24-30(42)43)17-19-38(21-23-39)26-32(46)47/h27H,2-26H2,1H3,(H,35,41)(H,42,43)(H,44,45)(H,46,47)(H,48,49). The average Bonchev–Trinajstić information content (AvgIpc) is 3.78. The highest BCUT2D eigenvalue weighted by molar-refractivity contribution is 5.86. The summed E-state index contributed by atoms with van der Waals surface area (Å²) >= 11 is 0. The van der Waals surface area contributed by atoms with Gasteiger partial charge in [-0.2, -0.15) is 0 Å². The predicted molar refractivity (Wildman–Crippen MR) is 181 cm³/mol. The molecule has 1 aliphatic heterocycles. The summed E-state index contributed by atoms with van der Waals surface area (Å²) in [6.07, 6.45) is 11.1. The summed E-state index contributed by atoms with van der Waals surface area (Å²) < 4.78 is 0. The zero-order valence-corrected chi connectivity index (χ0v) is 29.3. The van der Waals surface area contributed by atoms with E-state index in [0.717, 1.165) is 64.2 Å². The molecule has 1 amide bonds. The summed E-state index contributed by atoms with van der Waals surface area (Å²) in [6.45, 7) is 3.36. The van der Waals surface area contributed by atoms with Crippen molar-refractivity contribution in [1.82, 2.24) is 24.9 Å². The third kappa shape index (κ3) is 18.4. The van der Waals surface area contributed by atoms with E-state index in [4.69, 9.17) is 0 Å². The number of unbranched alkanes of at least 4 members (excludes halogenated alkanes) is 7. The lowest BCUT2D eigenvalue weighted by Gasteiger charge is -2.35. The van der Waals surface area contributed by atoms with Crippen LogP contribution in [0.1, 0.15) is 90.4 Å². The first-order chi connectivity index (χ1) is 23.3. The second-order valence-electron chi connectivity index (χ2n) is 13.9. The summed E-state index contributed by atoms with van der Waals surface area (Å²) in [5, 5.41) is 41.2. The molecule has 0 spiro atoms. The molecule has 2 rings (SSSR count). The van der Waals surface area contributed by atoms with Crippen molar-refractivity contribution >= 4 is 35.6 Å². The van der Waals surface area contributed by atoms with E-state index >= 15 is 0 Å². The molecule has 0 aromatic carbocycles. The van der Waals surface area contributed by atoms with E-state index in [1.807, 2.05) is 0 Å². The van der Waals surface area contributed by atoms with Gasteiger partial charge in [0.15, 0.2) is 0 Å². The minimum atomic E-state index is -1.12. The topological polar surface area (TPSA) is 208 Å². The van der Waals surface area contributed by atoms with Gasteiger partial charge >= 0.3 is 23.9 Å². The lowest BCUT2D eigenvalue weighted by Crippen LogP contribution is -2.52. The van der Waals surface area contributed by atoms with Crippen molar-refractivity contribution in [1.29, 1.82) is 0 Å². The third-order valence-electron chi connectivity index (χ3n) is 9.65. The Labute approximate surface area is 290 Å². The molecule has 15 nitrogen and oxygen atoms in total. The molecule has 1 aliphatic carbocycles. The van der Waals surface area contributed by atoms with Crippen LogP contribution in [0.15, 0.2) is 0 Å². The molecule has 1 saturated heterocycles. The van der Waals surface area contributed by atoms with Crippen LogP contribution in [0.2, 0.25) is 0 Å². The van der Waals surface area contributed by atoms with E-state index in [1.54, 1.807) is 19.6 Å². The smallest absolute Gasteiger partial charge is 0.320 e. The molecule has 2 fully saturated rings. The van der Waals surface area contributed by atoms with Gasteiger partial charge in [0.2, 0.25) is 5.91 Å². The molecule has 0 radical (unpaired) electrons. The highest BCUT2D eigenvalue weighted by Gasteiger charge is 2.43. The zero-order chi connectivity index (χ0) is 36.2. The molecule has 280 valence electrons. The Morgan fingerprint density at radius 3 is 1.41 bits per heavy atom. The van der Waals surface area contributed by atoms with E-state index in [1.165, 1.54) is 0 Å². The van der Waals surface area contributed by atoms with Crippen LogP contribution in [-0.2, 0) is 28.8 Å². The van der Waals surface area contributed by atoms with Crippen LogP contribution in [0.25, 0.3) is 0 Å². The number of nitrogens with one attached hydrogen (secondary N) is 1. The molecule has 0 bridgehead atoms. The first-order valence-corrected chi connectivity index (χ1v) is 17.9. The third-order valence-corrected chi connectivity index (χ3v) is 9.65. The zero-order valence-electron chi connectivity index (χ0n) is 29.3. The SMILES string of the molecule is CC1(C(=O)CCCCCCCCCCNC(=O)CCC(C(=O)O)N2CCN(CC(=O)O)CCN(CC(=O)O)CCN(CC(=O)O)CC2)CC1. The number of carboxylic acid groups (broad SMARTS) is 4. The van der Waals surface area contributed by atoms with Crippen LogP contribution in [0.5, 0.6) is 0 Å². The number of carboxylic acids is 4. The number of nitrogens with zero attached hydrogens (tertiary/aromatic N) is 4. The fourth-order valence-corrected chi connectivity index (χ4v) is 6.20. The monoisotopic (exact) mass is 697 g/mol. The van der Waals surface area contributed by atoms with Gasteiger partial charge in [0.25, 0.3) is 0 Å². The van der Waals surface area contributed by atoms with Crippen molar-refractivity contribution in [3.63, 3.8) is 0 Å². The number of amides is 1. The molecule has 15 heteroatoms. The molecule has 1 heterocycles. The van der Waals surface area contributed by atoms with Crippen LogP contribution in [-0.4, -0.2) is 160 Å². The predicted octanol–water partition coefficient (Wildman–Crippen LogP) is 1.69. The maximum atomic E-state index is 12.6. The van der Waals surface area contributed by atoms with Crippen molar-refractivity contribution in [3.05, 3.63) is 0 Å². The molecule has 1 atom stereocenters. The number of carbonyl (C=O) groups is 6. The lowest BCUT2D eigenvalue weighted by molar-refractivity contribution is -0.145. The molecular weight excluding hydrogens is 638 g/mol. The van der Waals surface area contributed by atoms with Crippen LogP contribution in [0.4, 0.5) is 0 Å². The van der Waals surface area contributed by atoms with E-state index in [0.29, 0.717) is 18.7 Å². The highest BCUT2D eigenvalue weighted by atomic mass is 16.4. The van der Waals surface area contributed by atoms with Gasteiger partial charge in [0.1, 0.15) is 11.8 Å². The lowest BCUT2D eigenvalue weighted by atomic mass is 9.98. The van der Waals surface area contributed by atoms with Crippen molar-refractivity contribution in [2.75, 3.05) is 78.5 Å². The summed E-state index contributed by atoms with van der Waals surface area (Å²) in [4.78, 5) is 78.1. The highest BCUT2D eigenvalue weighted by Crippen LogP contribution is 2.46. The van der Waals surface area contributed by atoms with E-state index in [2.05, 4.69) is 12.2 Å². The summed E-state index contributed by atoms with van der Waals surface area (Å²) in [5.41, 5.74) is -0.0182. The Balaban J connectivity index is 1.80. The Bertz CT molecular complexity index is 1050.